The van der Waals surface area contributed by atoms with Gasteiger partial charge in [-0.05, 0) is 24.1 Å². The number of esters is 1. The van der Waals surface area contributed by atoms with Crippen LogP contribution in [0.3, 0.4) is 0 Å². The van der Waals surface area contributed by atoms with Crippen molar-refractivity contribution in [3.63, 3.8) is 0 Å². The fourth-order valence-electron chi connectivity index (χ4n) is 1.48. The van der Waals surface area contributed by atoms with E-state index in [0.29, 0.717) is 17.9 Å². The maximum atomic E-state index is 11.3. The second-order valence-electron chi connectivity index (χ2n) is 3.85. The van der Waals surface area contributed by atoms with Crippen LogP contribution in [0.2, 0.25) is 0 Å². The first-order valence-electron chi connectivity index (χ1n) is 5.71. The number of nitrogens with two attached hydrogens (primary N) is 1. The molecule has 2 N–H and O–H groups in total. The normalized spacial score (nSPS) is 9.79. The van der Waals surface area contributed by atoms with Gasteiger partial charge in [0.25, 0.3) is 5.91 Å². The zero-order chi connectivity index (χ0) is 14.3. The van der Waals surface area contributed by atoms with E-state index in [9.17, 15) is 9.59 Å². The fraction of sp³-hybridized carbons (Fsp3) is 0.385. The fourth-order valence-corrected chi connectivity index (χ4v) is 1.48. The minimum Gasteiger partial charge on any atom is -0.497 e. The van der Waals surface area contributed by atoms with Crippen molar-refractivity contribution in [1.82, 2.24) is 0 Å². The molecule has 0 bridgehead atoms. The number of hydrogen-bond acceptors (Lipinski definition) is 5. The number of ether oxygens (including phenoxy) is 3. The molecule has 0 heterocycles. The number of benzene rings is 1. The lowest BCUT2D eigenvalue weighted by atomic mass is 10.1. The van der Waals surface area contributed by atoms with Crippen molar-refractivity contribution < 1.29 is 23.8 Å². The molecule has 0 aliphatic heterocycles. The maximum Gasteiger partial charge on any atom is 0.306 e. The van der Waals surface area contributed by atoms with E-state index in [1.807, 2.05) is 12.1 Å². The van der Waals surface area contributed by atoms with Crippen molar-refractivity contribution in [2.45, 2.75) is 12.8 Å². The minimum absolute atomic E-state index is 0.156. The third-order valence-electron chi connectivity index (χ3n) is 2.40. The monoisotopic (exact) mass is 267 g/mol. The van der Waals surface area contributed by atoms with Crippen molar-refractivity contribution in [3.05, 3.63) is 23.8 Å². The summed E-state index contributed by atoms with van der Waals surface area (Å²) in [5.74, 6) is 0.164. The first-order chi connectivity index (χ1) is 9.05. The summed E-state index contributed by atoms with van der Waals surface area (Å²) >= 11 is 0. The molecule has 0 saturated heterocycles. The van der Waals surface area contributed by atoms with Gasteiger partial charge in [0, 0.05) is 12.5 Å². The van der Waals surface area contributed by atoms with Gasteiger partial charge in [-0.1, -0.05) is 0 Å². The van der Waals surface area contributed by atoms with Crippen molar-refractivity contribution in [2.75, 3.05) is 20.8 Å². The molecule has 0 atom stereocenters. The number of aryl methyl sites for hydroxylation is 1. The van der Waals surface area contributed by atoms with Crippen molar-refractivity contribution in [1.29, 1.82) is 0 Å². The predicted molar refractivity (Wildman–Crippen MR) is 68.0 cm³/mol. The zero-order valence-corrected chi connectivity index (χ0v) is 11.0. The standard InChI is InChI=1S/C13H17NO5/c1-17-10-5-9(6-11(7-10)18-2)3-4-13(16)19-8-12(14)15/h5-7H,3-4,8H2,1-2H3,(H2,14,15). The van der Waals surface area contributed by atoms with Crippen LogP contribution in [0.4, 0.5) is 0 Å². The molecule has 0 radical (unpaired) electrons. The van der Waals surface area contributed by atoms with Gasteiger partial charge in [-0.25, -0.2) is 0 Å². The Morgan fingerprint density at radius 2 is 1.68 bits per heavy atom. The van der Waals surface area contributed by atoms with Crippen LogP contribution < -0.4 is 15.2 Å². The van der Waals surface area contributed by atoms with Crippen molar-refractivity contribution in [2.24, 2.45) is 5.73 Å². The first-order valence-corrected chi connectivity index (χ1v) is 5.71. The van der Waals surface area contributed by atoms with Gasteiger partial charge in [-0.3, -0.25) is 9.59 Å². The van der Waals surface area contributed by atoms with Crippen LogP contribution in [0.15, 0.2) is 18.2 Å². The molecule has 1 aromatic carbocycles. The molecule has 1 rings (SSSR count). The number of rotatable bonds is 7. The minimum atomic E-state index is -0.670. The Balaban J connectivity index is 2.56. The Bertz CT molecular complexity index is 436. The lowest BCUT2D eigenvalue weighted by Crippen LogP contribution is -2.21. The van der Waals surface area contributed by atoms with E-state index in [0.717, 1.165) is 5.56 Å². The van der Waals surface area contributed by atoms with E-state index in [4.69, 9.17) is 15.2 Å². The predicted octanol–water partition coefficient (Wildman–Crippen LogP) is 0.665. The lowest BCUT2D eigenvalue weighted by molar-refractivity contribution is -0.147. The molecule has 0 aliphatic carbocycles. The zero-order valence-electron chi connectivity index (χ0n) is 11.0. The van der Waals surface area contributed by atoms with Gasteiger partial charge in [0.15, 0.2) is 6.61 Å². The number of primary amides is 1. The Kier molecular flexibility index (Phi) is 5.66. The summed E-state index contributed by atoms with van der Waals surface area (Å²) in [6.07, 6.45) is 0.620. The third-order valence-corrected chi connectivity index (χ3v) is 2.40. The lowest BCUT2D eigenvalue weighted by Gasteiger charge is -2.08. The van der Waals surface area contributed by atoms with Crippen LogP contribution in [0.25, 0.3) is 0 Å². The van der Waals surface area contributed by atoms with Crippen LogP contribution in [0, 0.1) is 0 Å². The van der Waals surface area contributed by atoms with Crippen LogP contribution in [0.5, 0.6) is 11.5 Å². The summed E-state index contributed by atoms with van der Waals surface area (Å²) in [6.45, 7) is -0.389. The second kappa shape index (κ2) is 7.25. The molecule has 0 unspecified atom stereocenters. The van der Waals surface area contributed by atoms with Gasteiger partial charge in [-0.2, -0.15) is 0 Å². The van der Waals surface area contributed by atoms with Crippen molar-refractivity contribution in [3.8, 4) is 11.5 Å². The highest BCUT2D eigenvalue weighted by Crippen LogP contribution is 2.23. The molecule has 104 valence electrons. The van der Waals surface area contributed by atoms with Crippen LogP contribution >= 0.6 is 0 Å². The number of carbonyl (C=O) groups excluding carboxylic acids is 2. The highest BCUT2D eigenvalue weighted by atomic mass is 16.5. The molecular formula is C13H17NO5. The van der Waals surface area contributed by atoms with E-state index >= 15 is 0 Å². The summed E-state index contributed by atoms with van der Waals surface area (Å²) in [7, 11) is 3.11. The van der Waals surface area contributed by atoms with Gasteiger partial charge >= 0.3 is 5.97 Å². The number of hydrogen-bond donors (Lipinski definition) is 1. The molecule has 19 heavy (non-hydrogen) atoms. The van der Waals surface area contributed by atoms with Crippen LogP contribution in [-0.2, 0) is 20.7 Å². The maximum absolute atomic E-state index is 11.3. The molecule has 0 fully saturated rings. The first kappa shape index (κ1) is 14.8. The van der Waals surface area contributed by atoms with E-state index in [-0.39, 0.29) is 13.0 Å². The average molecular weight is 267 g/mol. The van der Waals surface area contributed by atoms with E-state index < -0.39 is 11.9 Å². The summed E-state index contributed by atoms with van der Waals surface area (Å²) in [5, 5.41) is 0. The summed E-state index contributed by atoms with van der Waals surface area (Å²) < 4.78 is 14.9. The molecule has 0 aliphatic rings. The summed E-state index contributed by atoms with van der Waals surface area (Å²) in [6, 6.07) is 5.36. The molecule has 1 amide bonds. The molecule has 0 spiro atoms. The van der Waals surface area contributed by atoms with Gasteiger partial charge < -0.3 is 19.9 Å². The Hall–Kier alpha value is -2.24. The van der Waals surface area contributed by atoms with E-state index in [1.54, 1.807) is 20.3 Å². The van der Waals surface area contributed by atoms with Crippen molar-refractivity contribution >= 4 is 11.9 Å². The van der Waals surface area contributed by atoms with Gasteiger partial charge in [0.1, 0.15) is 11.5 Å². The summed E-state index contributed by atoms with van der Waals surface area (Å²) in [5.41, 5.74) is 5.76. The van der Waals surface area contributed by atoms with Gasteiger partial charge in [0.05, 0.1) is 14.2 Å². The van der Waals surface area contributed by atoms with Gasteiger partial charge in [-0.15, -0.1) is 0 Å². The quantitative estimate of drug-likeness (QED) is 0.733. The number of amides is 1. The largest absolute Gasteiger partial charge is 0.497 e. The highest BCUT2D eigenvalue weighted by molar-refractivity contribution is 5.79. The molecule has 0 aromatic heterocycles. The number of methoxy groups -OCH3 is 2. The highest BCUT2D eigenvalue weighted by Gasteiger charge is 2.07. The summed E-state index contributed by atoms with van der Waals surface area (Å²) in [4.78, 5) is 21.8. The molecule has 1 aromatic rings. The molecule has 6 heteroatoms. The van der Waals surface area contributed by atoms with Gasteiger partial charge in [0.2, 0.25) is 0 Å². The smallest absolute Gasteiger partial charge is 0.306 e. The Labute approximate surface area is 111 Å². The topological polar surface area (TPSA) is 87.9 Å². The Morgan fingerprint density at radius 3 is 2.16 bits per heavy atom. The van der Waals surface area contributed by atoms with Crippen LogP contribution in [0.1, 0.15) is 12.0 Å². The second-order valence-corrected chi connectivity index (χ2v) is 3.85. The third kappa shape index (κ3) is 5.29. The van der Waals surface area contributed by atoms with Crippen LogP contribution in [-0.4, -0.2) is 32.7 Å². The van der Waals surface area contributed by atoms with E-state index in [2.05, 4.69) is 4.74 Å². The Morgan fingerprint density at radius 1 is 1.11 bits per heavy atom. The SMILES string of the molecule is COc1cc(CCC(=O)OCC(N)=O)cc(OC)c1. The number of carbonyl (C=O) groups is 2. The molecule has 0 saturated carbocycles. The molecular weight excluding hydrogens is 250 g/mol. The van der Waals surface area contributed by atoms with E-state index in [1.165, 1.54) is 0 Å². The average Bonchev–Trinajstić information content (AvgIpc) is 2.42. The molecule has 6 nitrogen and oxygen atoms in total.